The maximum absolute atomic E-state index is 11.6. The predicted molar refractivity (Wildman–Crippen MR) is 57.1 cm³/mol. The lowest BCUT2D eigenvalue weighted by Crippen LogP contribution is -2.62. The lowest BCUT2D eigenvalue weighted by atomic mass is 10.0. The minimum atomic E-state index is -3.24. The van der Waals surface area contributed by atoms with Crippen molar-refractivity contribution in [1.82, 2.24) is 4.31 Å². The first-order valence-electron chi connectivity index (χ1n) is 5.05. The van der Waals surface area contributed by atoms with E-state index in [1.807, 2.05) is 13.8 Å². The molecule has 1 fully saturated rings. The second kappa shape index (κ2) is 4.37. The fraction of sp³-hybridized carbons (Fsp3) is 1.00. The second-order valence-corrected chi connectivity index (χ2v) is 6.59. The standard InChI is InChI=1S/C9H19NO4S/c1-8(2)14-4-5-15(12,13)10-6-9(3,11)7-10/h8,11H,4-7H2,1-3H3. The summed E-state index contributed by atoms with van der Waals surface area (Å²) in [6.07, 6.45) is 0.0414. The molecule has 0 spiro atoms. The van der Waals surface area contributed by atoms with Crippen LogP contribution < -0.4 is 0 Å². The van der Waals surface area contributed by atoms with Gasteiger partial charge >= 0.3 is 0 Å². The molecule has 0 aromatic heterocycles. The Morgan fingerprint density at radius 1 is 1.47 bits per heavy atom. The summed E-state index contributed by atoms with van der Waals surface area (Å²) in [5.41, 5.74) is -0.855. The lowest BCUT2D eigenvalue weighted by Gasteiger charge is -2.42. The Balaban J connectivity index is 2.35. The summed E-state index contributed by atoms with van der Waals surface area (Å²) in [6, 6.07) is 0. The minimum absolute atomic E-state index is 0.0126. The number of hydrogen-bond donors (Lipinski definition) is 1. The number of rotatable bonds is 5. The summed E-state index contributed by atoms with van der Waals surface area (Å²) in [5, 5.41) is 9.42. The zero-order valence-corrected chi connectivity index (χ0v) is 10.2. The molecule has 1 aliphatic rings. The van der Waals surface area contributed by atoms with Crippen molar-refractivity contribution in [2.45, 2.75) is 32.5 Å². The number of aliphatic hydroxyl groups is 1. The molecule has 0 aliphatic carbocycles. The number of sulfonamides is 1. The molecule has 90 valence electrons. The van der Waals surface area contributed by atoms with Gasteiger partial charge in [-0.3, -0.25) is 0 Å². The van der Waals surface area contributed by atoms with E-state index in [1.54, 1.807) is 6.92 Å². The molecular formula is C9H19NO4S. The number of ether oxygens (including phenoxy) is 1. The van der Waals surface area contributed by atoms with Crippen molar-refractivity contribution in [3.63, 3.8) is 0 Å². The van der Waals surface area contributed by atoms with Gasteiger partial charge in [-0.05, 0) is 20.8 Å². The number of hydrogen-bond acceptors (Lipinski definition) is 4. The Morgan fingerprint density at radius 3 is 2.40 bits per heavy atom. The third kappa shape index (κ3) is 3.71. The molecule has 1 rings (SSSR count). The molecule has 1 saturated heterocycles. The van der Waals surface area contributed by atoms with Crippen molar-refractivity contribution in [3.05, 3.63) is 0 Å². The second-order valence-electron chi connectivity index (χ2n) is 4.50. The summed E-state index contributed by atoms with van der Waals surface area (Å²) in [4.78, 5) is 0. The van der Waals surface area contributed by atoms with Gasteiger partial charge in [-0.25, -0.2) is 8.42 Å². The van der Waals surface area contributed by atoms with Gasteiger partial charge in [0.15, 0.2) is 0 Å². The smallest absolute Gasteiger partial charge is 0.216 e. The molecule has 15 heavy (non-hydrogen) atoms. The van der Waals surface area contributed by atoms with E-state index in [1.165, 1.54) is 4.31 Å². The molecular weight excluding hydrogens is 218 g/mol. The summed E-state index contributed by atoms with van der Waals surface area (Å²) < 4.78 is 29.7. The summed E-state index contributed by atoms with van der Waals surface area (Å²) in [6.45, 7) is 5.94. The molecule has 0 radical (unpaired) electrons. The molecule has 1 heterocycles. The van der Waals surface area contributed by atoms with Gasteiger partial charge in [0.1, 0.15) is 0 Å². The fourth-order valence-corrected chi connectivity index (χ4v) is 2.94. The van der Waals surface area contributed by atoms with Crippen LogP contribution in [0.4, 0.5) is 0 Å². The number of β-amino-alcohol motifs (C(OH)–C–C–N with tert-alkyl or cyclic N) is 1. The predicted octanol–water partition coefficient (Wildman–Crippen LogP) is -0.192. The van der Waals surface area contributed by atoms with Crippen LogP contribution in [-0.2, 0) is 14.8 Å². The maximum Gasteiger partial charge on any atom is 0.216 e. The van der Waals surface area contributed by atoms with E-state index in [0.29, 0.717) is 0 Å². The van der Waals surface area contributed by atoms with Crippen LogP contribution in [0.1, 0.15) is 20.8 Å². The molecule has 0 amide bonds. The van der Waals surface area contributed by atoms with E-state index in [4.69, 9.17) is 4.74 Å². The van der Waals surface area contributed by atoms with Crippen molar-refractivity contribution in [1.29, 1.82) is 0 Å². The van der Waals surface area contributed by atoms with Crippen molar-refractivity contribution in [2.75, 3.05) is 25.4 Å². The Morgan fingerprint density at radius 2 is 2.00 bits per heavy atom. The topological polar surface area (TPSA) is 66.8 Å². The minimum Gasteiger partial charge on any atom is -0.387 e. The monoisotopic (exact) mass is 237 g/mol. The first-order chi connectivity index (χ1) is 6.73. The third-order valence-electron chi connectivity index (χ3n) is 2.22. The first kappa shape index (κ1) is 12.9. The highest BCUT2D eigenvalue weighted by Crippen LogP contribution is 2.23. The SMILES string of the molecule is CC(C)OCCS(=O)(=O)N1CC(C)(O)C1. The quantitative estimate of drug-likeness (QED) is 0.719. The molecule has 0 aromatic carbocycles. The van der Waals surface area contributed by atoms with Crippen molar-refractivity contribution in [2.24, 2.45) is 0 Å². The highest BCUT2D eigenvalue weighted by molar-refractivity contribution is 7.89. The van der Waals surface area contributed by atoms with Crippen LogP contribution in [0.25, 0.3) is 0 Å². The van der Waals surface area contributed by atoms with Gasteiger partial charge in [-0.15, -0.1) is 0 Å². The van der Waals surface area contributed by atoms with Crippen LogP contribution in [0, 0.1) is 0 Å². The van der Waals surface area contributed by atoms with Crippen molar-refractivity contribution >= 4 is 10.0 Å². The highest BCUT2D eigenvalue weighted by Gasteiger charge is 2.42. The fourth-order valence-electron chi connectivity index (χ4n) is 1.43. The van der Waals surface area contributed by atoms with Crippen LogP contribution in [0.5, 0.6) is 0 Å². The molecule has 5 nitrogen and oxygen atoms in total. The van der Waals surface area contributed by atoms with Crippen molar-refractivity contribution < 1.29 is 18.3 Å². The average Bonchev–Trinajstić information content (AvgIpc) is 1.98. The Labute approximate surface area is 91.1 Å². The zero-order valence-electron chi connectivity index (χ0n) is 9.43. The van der Waals surface area contributed by atoms with E-state index < -0.39 is 15.6 Å². The van der Waals surface area contributed by atoms with Gasteiger partial charge in [0.25, 0.3) is 0 Å². The molecule has 0 bridgehead atoms. The van der Waals surface area contributed by atoms with E-state index in [0.717, 1.165) is 0 Å². The maximum atomic E-state index is 11.6. The first-order valence-corrected chi connectivity index (χ1v) is 6.66. The Bertz CT molecular complexity index is 302. The molecule has 1 aliphatic heterocycles. The van der Waals surface area contributed by atoms with E-state index in [2.05, 4.69) is 0 Å². The average molecular weight is 237 g/mol. The zero-order chi connectivity index (χ0) is 11.7. The van der Waals surface area contributed by atoms with Crippen LogP contribution >= 0.6 is 0 Å². The van der Waals surface area contributed by atoms with E-state index in [9.17, 15) is 13.5 Å². The van der Waals surface area contributed by atoms with Gasteiger partial charge in [-0.2, -0.15) is 4.31 Å². The third-order valence-corrected chi connectivity index (χ3v) is 3.95. The summed E-state index contributed by atoms with van der Waals surface area (Å²) >= 11 is 0. The molecule has 6 heteroatoms. The number of nitrogens with zero attached hydrogens (tertiary/aromatic N) is 1. The van der Waals surface area contributed by atoms with Crippen LogP contribution in [0.15, 0.2) is 0 Å². The highest BCUT2D eigenvalue weighted by atomic mass is 32.2. The lowest BCUT2D eigenvalue weighted by molar-refractivity contribution is -0.0429. The van der Waals surface area contributed by atoms with E-state index in [-0.39, 0.29) is 31.6 Å². The van der Waals surface area contributed by atoms with Gasteiger partial charge in [0.05, 0.1) is 24.1 Å². The molecule has 0 atom stereocenters. The summed E-state index contributed by atoms with van der Waals surface area (Å²) in [7, 11) is -3.24. The molecule has 1 N–H and O–H groups in total. The summed E-state index contributed by atoms with van der Waals surface area (Å²) in [5.74, 6) is -0.0126. The van der Waals surface area contributed by atoms with Gasteiger partial charge in [0, 0.05) is 13.1 Å². The largest absolute Gasteiger partial charge is 0.387 e. The van der Waals surface area contributed by atoms with Crippen molar-refractivity contribution in [3.8, 4) is 0 Å². The van der Waals surface area contributed by atoms with Gasteiger partial charge in [-0.1, -0.05) is 0 Å². The van der Waals surface area contributed by atoms with Crippen LogP contribution in [0.2, 0.25) is 0 Å². The van der Waals surface area contributed by atoms with Crippen LogP contribution in [-0.4, -0.2) is 55.0 Å². The van der Waals surface area contributed by atoms with Gasteiger partial charge in [0.2, 0.25) is 10.0 Å². The van der Waals surface area contributed by atoms with Gasteiger partial charge < -0.3 is 9.84 Å². The van der Waals surface area contributed by atoms with Crippen LogP contribution in [0.3, 0.4) is 0 Å². The molecule has 0 unspecified atom stereocenters. The normalized spacial score (nSPS) is 21.7. The Kier molecular flexibility index (Phi) is 3.76. The molecule has 0 saturated carbocycles. The Hall–Kier alpha value is -0.170. The van der Waals surface area contributed by atoms with E-state index >= 15 is 0 Å². The molecule has 0 aromatic rings.